The molecule has 0 radical (unpaired) electrons. The molecule has 0 fully saturated rings. The Morgan fingerprint density at radius 3 is 2.81 bits per heavy atom. The van der Waals surface area contributed by atoms with Crippen molar-refractivity contribution in [2.24, 2.45) is 0 Å². The summed E-state index contributed by atoms with van der Waals surface area (Å²) < 4.78 is 2.49. The highest BCUT2D eigenvalue weighted by atomic mass is 32.1. The van der Waals surface area contributed by atoms with E-state index in [0.717, 1.165) is 21.7 Å². The molecule has 3 aromatic heterocycles. The summed E-state index contributed by atoms with van der Waals surface area (Å²) in [5.74, 6) is 0.877. The predicted octanol–water partition coefficient (Wildman–Crippen LogP) is 2.93. The molecule has 0 aliphatic heterocycles. The van der Waals surface area contributed by atoms with Crippen molar-refractivity contribution >= 4 is 39.4 Å². The average Bonchev–Trinajstić information content (AvgIpc) is 2.71. The maximum Gasteiger partial charge on any atom is 0.201 e. The molecule has 0 atom stereocenters. The van der Waals surface area contributed by atoms with Crippen LogP contribution in [0.2, 0.25) is 0 Å². The zero-order valence-electron chi connectivity index (χ0n) is 9.16. The van der Waals surface area contributed by atoms with Crippen LogP contribution in [0.4, 0.5) is 0 Å². The van der Waals surface area contributed by atoms with E-state index in [1.54, 1.807) is 11.3 Å². The average molecular weight is 250 g/mol. The van der Waals surface area contributed by atoms with Gasteiger partial charge in [-0.1, -0.05) is 0 Å². The first-order chi connectivity index (χ1) is 7.59. The fourth-order valence-electron chi connectivity index (χ4n) is 1.91. The van der Waals surface area contributed by atoms with Crippen molar-refractivity contribution in [1.29, 1.82) is 0 Å². The SMILES string of the molecule is Cc1sc2nc(C)n3c(=S)[nH]nc3c2c1C. The second kappa shape index (κ2) is 3.11. The van der Waals surface area contributed by atoms with Gasteiger partial charge in [-0.2, -0.15) is 5.10 Å². The lowest BCUT2D eigenvalue weighted by Gasteiger charge is -1.99. The molecule has 16 heavy (non-hydrogen) atoms. The van der Waals surface area contributed by atoms with Crippen LogP contribution in [0.25, 0.3) is 15.9 Å². The monoisotopic (exact) mass is 250 g/mol. The van der Waals surface area contributed by atoms with E-state index in [1.165, 1.54) is 10.4 Å². The summed E-state index contributed by atoms with van der Waals surface area (Å²) in [5, 5.41) is 8.23. The molecule has 4 nitrogen and oxygen atoms in total. The van der Waals surface area contributed by atoms with Crippen LogP contribution in [-0.2, 0) is 0 Å². The Morgan fingerprint density at radius 1 is 1.31 bits per heavy atom. The van der Waals surface area contributed by atoms with Crippen LogP contribution in [0.15, 0.2) is 0 Å². The molecular formula is C10H10N4S2. The standard InChI is InChI=1S/C10H10N4S2/c1-4-5(2)16-9-7(4)8-12-13-10(15)14(8)6(3)11-9/h1-3H3,(H,13,15). The van der Waals surface area contributed by atoms with Crippen molar-refractivity contribution in [3.05, 3.63) is 21.0 Å². The highest BCUT2D eigenvalue weighted by Gasteiger charge is 2.14. The Bertz CT molecular complexity index is 762. The fourth-order valence-corrected chi connectivity index (χ4v) is 3.25. The summed E-state index contributed by atoms with van der Waals surface area (Å²) in [5.41, 5.74) is 2.13. The molecule has 0 saturated carbocycles. The number of hydrogen-bond acceptors (Lipinski definition) is 4. The van der Waals surface area contributed by atoms with Crippen LogP contribution < -0.4 is 0 Å². The van der Waals surface area contributed by atoms with Gasteiger partial charge in [-0.25, -0.2) is 4.98 Å². The van der Waals surface area contributed by atoms with Crippen LogP contribution in [0, 0.1) is 25.5 Å². The third-order valence-corrected chi connectivity index (χ3v) is 4.22. The first kappa shape index (κ1) is 9.92. The predicted molar refractivity (Wildman–Crippen MR) is 67.8 cm³/mol. The largest absolute Gasteiger partial charge is 0.255 e. The van der Waals surface area contributed by atoms with Gasteiger partial charge in [0.1, 0.15) is 10.7 Å². The molecule has 0 saturated heterocycles. The second-order valence-corrected chi connectivity index (χ2v) is 5.40. The molecule has 1 N–H and O–H groups in total. The summed E-state index contributed by atoms with van der Waals surface area (Å²) in [4.78, 5) is 6.89. The summed E-state index contributed by atoms with van der Waals surface area (Å²) in [7, 11) is 0. The van der Waals surface area contributed by atoms with Crippen molar-refractivity contribution in [1.82, 2.24) is 19.6 Å². The van der Waals surface area contributed by atoms with Crippen LogP contribution >= 0.6 is 23.6 Å². The van der Waals surface area contributed by atoms with Crippen molar-refractivity contribution in [2.45, 2.75) is 20.8 Å². The zero-order valence-corrected chi connectivity index (χ0v) is 10.8. The Labute approximate surface area is 101 Å². The van der Waals surface area contributed by atoms with Crippen molar-refractivity contribution < 1.29 is 0 Å². The number of aryl methyl sites for hydroxylation is 3. The molecule has 0 aliphatic rings. The van der Waals surface area contributed by atoms with Gasteiger partial charge in [-0.05, 0) is 38.6 Å². The molecule has 0 unspecified atom stereocenters. The normalized spacial score (nSPS) is 11.7. The summed E-state index contributed by atoms with van der Waals surface area (Å²) in [6.07, 6.45) is 0. The highest BCUT2D eigenvalue weighted by Crippen LogP contribution is 2.31. The third kappa shape index (κ3) is 1.11. The molecular weight excluding hydrogens is 240 g/mol. The molecule has 82 valence electrons. The van der Waals surface area contributed by atoms with E-state index < -0.39 is 0 Å². The van der Waals surface area contributed by atoms with Gasteiger partial charge in [0.25, 0.3) is 0 Å². The molecule has 0 amide bonds. The van der Waals surface area contributed by atoms with E-state index in [4.69, 9.17) is 12.2 Å². The number of thiophene rings is 1. The van der Waals surface area contributed by atoms with Gasteiger partial charge in [-0.3, -0.25) is 9.50 Å². The maximum absolute atomic E-state index is 5.20. The minimum absolute atomic E-state index is 0.602. The number of nitrogens with zero attached hydrogens (tertiary/aromatic N) is 3. The minimum atomic E-state index is 0.602. The summed E-state index contributed by atoms with van der Waals surface area (Å²) in [6, 6.07) is 0. The summed E-state index contributed by atoms with van der Waals surface area (Å²) in [6.45, 7) is 6.15. The van der Waals surface area contributed by atoms with Gasteiger partial charge in [0, 0.05) is 4.88 Å². The van der Waals surface area contributed by atoms with Crippen LogP contribution in [0.5, 0.6) is 0 Å². The molecule has 6 heteroatoms. The van der Waals surface area contributed by atoms with E-state index >= 15 is 0 Å². The van der Waals surface area contributed by atoms with Gasteiger partial charge < -0.3 is 0 Å². The first-order valence-corrected chi connectivity index (χ1v) is 6.15. The first-order valence-electron chi connectivity index (χ1n) is 4.93. The van der Waals surface area contributed by atoms with Gasteiger partial charge in [0.05, 0.1) is 5.39 Å². The molecule has 0 aromatic carbocycles. The van der Waals surface area contributed by atoms with Gasteiger partial charge >= 0.3 is 0 Å². The van der Waals surface area contributed by atoms with Gasteiger partial charge in [0.15, 0.2) is 5.65 Å². The van der Waals surface area contributed by atoms with Crippen molar-refractivity contribution in [3.8, 4) is 0 Å². The number of hydrogen-bond donors (Lipinski definition) is 1. The summed E-state index contributed by atoms with van der Waals surface area (Å²) >= 11 is 6.90. The van der Waals surface area contributed by atoms with E-state index in [-0.39, 0.29) is 0 Å². The van der Waals surface area contributed by atoms with E-state index in [2.05, 4.69) is 29.0 Å². The zero-order chi connectivity index (χ0) is 11.4. The van der Waals surface area contributed by atoms with Gasteiger partial charge in [0.2, 0.25) is 4.77 Å². The van der Waals surface area contributed by atoms with Gasteiger partial charge in [-0.15, -0.1) is 11.3 Å². The van der Waals surface area contributed by atoms with Crippen molar-refractivity contribution in [3.63, 3.8) is 0 Å². The molecule has 3 heterocycles. The van der Waals surface area contributed by atoms with Crippen LogP contribution in [0.3, 0.4) is 0 Å². The highest BCUT2D eigenvalue weighted by molar-refractivity contribution is 7.71. The minimum Gasteiger partial charge on any atom is -0.255 e. The second-order valence-electron chi connectivity index (χ2n) is 3.81. The van der Waals surface area contributed by atoms with E-state index in [1.807, 2.05) is 11.3 Å². The van der Waals surface area contributed by atoms with Crippen LogP contribution in [-0.4, -0.2) is 19.6 Å². The molecule has 3 aromatic rings. The number of nitrogens with one attached hydrogen (secondary N) is 1. The lowest BCUT2D eigenvalue weighted by atomic mass is 10.2. The Kier molecular flexibility index (Phi) is 1.93. The van der Waals surface area contributed by atoms with E-state index in [9.17, 15) is 0 Å². The Balaban J connectivity index is 2.72. The topological polar surface area (TPSA) is 46.0 Å². The maximum atomic E-state index is 5.20. The smallest absolute Gasteiger partial charge is 0.201 e. The number of fused-ring (bicyclic) bond motifs is 3. The quantitative estimate of drug-likeness (QED) is 0.624. The van der Waals surface area contributed by atoms with E-state index in [0.29, 0.717) is 4.77 Å². The number of aromatic amines is 1. The molecule has 0 aliphatic carbocycles. The number of H-pyrrole nitrogens is 1. The fraction of sp³-hybridized carbons (Fsp3) is 0.300. The molecule has 0 bridgehead atoms. The Morgan fingerprint density at radius 2 is 2.06 bits per heavy atom. The number of rotatable bonds is 0. The lowest BCUT2D eigenvalue weighted by molar-refractivity contribution is 0.987. The Hall–Kier alpha value is -1.27. The molecule has 3 rings (SSSR count). The number of aromatic nitrogens is 4. The molecule has 0 spiro atoms. The lowest BCUT2D eigenvalue weighted by Crippen LogP contribution is -1.95. The van der Waals surface area contributed by atoms with Crippen LogP contribution in [0.1, 0.15) is 16.3 Å². The third-order valence-electron chi connectivity index (χ3n) is 2.85. The van der Waals surface area contributed by atoms with Crippen molar-refractivity contribution in [2.75, 3.05) is 0 Å².